The normalized spacial score (nSPS) is 11.2. The third-order valence-electron chi connectivity index (χ3n) is 4.78. The molecule has 0 saturated heterocycles. The second kappa shape index (κ2) is 8.46. The summed E-state index contributed by atoms with van der Waals surface area (Å²) in [6, 6.07) is 6.28. The number of anilines is 2. The average molecular weight is 453 g/mol. The second-order valence-electron chi connectivity index (χ2n) is 7.58. The monoisotopic (exact) mass is 452 g/mol. The van der Waals surface area contributed by atoms with Crippen molar-refractivity contribution in [3.63, 3.8) is 0 Å². The van der Waals surface area contributed by atoms with E-state index < -0.39 is 5.82 Å². The Labute approximate surface area is 187 Å². The second-order valence-corrected chi connectivity index (χ2v) is 8.44. The number of hydrogen-bond acceptors (Lipinski definition) is 6. The van der Waals surface area contributed by atoms with Gasteiger partial charge in [0.15, 0.2) is 10.8 Å². The fourth-order valence-corrected chi connectivity index (χ4v) is 4.00. The van der Waals surface area contributed by atoms with Gasteiger partial charge in [0.1, 0.15) is 5.82 Å². The van der Waals surface area contributed by atoms with Crippen molar-refractivity contribution in [1.29, 1.82) is 0 Å². The van der Waals surface area contributed by atoms with Crippen molar-refractivity contribution in [3.05, 3.63) is 52.9 Å². The van der Waals surface area contributed by atoms with Crippen LogP contribution in [0.1, 0.15) is 42.9 Å². The predicted octanol–water partition coefficient (Wildman–Crippen LogP) is 4.79. The zero-order valence-electron chi connectivity index (χ0n) is 17.9. The van der Waals surface area contributed by atoms with E-state index in [1.54, 1.807) is 30.6 Å². The van der Waals surface area contributed by atoms with Crippen LogP contribution in [-0.2, 0) is 4.79 Å². The van der Waals surface area contributed by atoms with Crippen molar-refractivity contribution in [1.82, 2.24) is 19.7 Å². The Kier molecular flexibility index (Phi) is 5.70. The molecular weight excluding hydrogens is 431 g/mol. The Balaban J connectivity index is 1.55. The minimum absolute atomic E-state index is 0.153. The molecule has 164 valence electrons. The van der Waals surface area contributed by atoms with E-state index in [-0.39, 0.29) is 23.4 Å². The molecule has 0 bridgehead atoms. The molecule has 2 amide bonds. The lowest BCUT2D eigenvalue weighted by atomic mass is 10.1. The summed E-state index contributed by atoms with van der Waals surface area (Å²) >= 11 is 1.19. The molecule has 0 aliphatic heterocycles. The lowest BCUT2D eigenvalue weighted by molar-refractivity contribution is -0.114. The summed E-state index contributed by atoms with van der Waals surface area (Å²) in [6.45, 7) is 7.15. The summed E-state index contributed by atoms with van der Waals surface area (Å²) < 4.78 is 16.3. The fraction of sp³-hybridized carbons (Fsp3) is 0.227. The van der Waals surface area contributed by atoms with Gasteiger partial charge in [0, 0.05) is 35.0 Å². The molecule has 3 aromatic heterocycles. The van der Waals surface area contributed by atoms with Crippen LogP contribution in [0.25, 0.3) is 22.3 Å². The fourth-order valence-electron chi connectivity index (χ4n) is 3.30. The summed E-state index contributed by atoms with van der Waals surface area (Å²) in [4.78, 5) is 32.9. The van der Waals surface area contributed by atoms with Gasteiger partial charge in [0.2, 0.25) is 5.91 Å². The summed E-state index contributed by atoms with van der Waals surface area (Å²) in [5, 5.41) is 12.4. The number of amides is 2. The Morgan fingerprint density at radius 3 is 2.62 bits per heavy atom. The number of thiazole rings is 1. The number of carbonyl (C=O) groups is 2. The quantitative estimate of drug-likeness (QED) is 0.453. The van der Waals surface area contributed by atoms with Gasteiger partial charge in [-0.2, -0.15) is 5.10 Å². The molecule has 0 aliphatic rings. The first-order valence-electron chi connectivity index (χ1n) is 9.92. The van der Waals surface area contributed by atoms with Crippen molar-refractivity contribution in [3.8, 4) is 11.3 Å². The van der Waals surface area contributed by atoms with Crippen LogP contribution in [0.2, 0.25) is 0 Å². The molecule has 0 radical (unpaired) electrons. The van der Waals surface area contributed by atoms with Gasteiger partial charge < -0.3 is 5.32 Å². The molecule has 0 spiro atoms. The van der Waals surface area contributed by atoms with Crippen LogP contribution in [0.5, 0.6) is 0 Å². The number of aryl methyl sites for hydroxylation is 1. The van der Waals surface area contributed by atoms with Crippen molar-refractivity contribution in [2.24, 2.45) is 0 Å². The predicted molar refractivity (Wildman–Crippen MR) is 122 cm³/mol. The number of hydrogen-bond donors (Lipinski definition) is 2. The van der Waals surface area contributed by atoms with Crippen LogP contribution >= 0.6 is 11.3 Å². The maximum absolute atomic E-state index is 14.5. The molecule has 0 saturated carbocycles. The highest BCUT2D eigenvalue weighted by molar-refractivity contribution is 7.14. The van der Waals surface area contributed by atoms with Crippen LogP contribution < -0.4 is 10.6 Å². The molecule has 1 aromatic carbocycles. The first-order valence-corrected chi connectivity index (χ1v) is 10.8. The molecule has 0 aliphatic carbocycles. The van der Waals surface area contributed by atoms with Gasteiger partial charge in [0.25, 0.3) is 5.91 Å². The SMILES string of the molecule is CC(=O)Nc1ccc(-c2csc(NC(=O)c3cc4cnn(C(C)C)c4nc3C)n2)c(F)c1. The topological polar surface area (TPSA) is 102 Å². The van der Waals surface area contributed by atoms with Gasteiger partial charge in [-0.05, 0) is 45.0 Å². The van der Waals surface area contributed by atoms with Crippen molar-refractivity contribution >= 4 is 45.0 Å². The largest absolute Gasteiger partial charge is 0.326 e. The number of pyridine rings is 1. The van der Waals surface area contributed by atoms with E-state index in [4.69, 9.17) is 0 Å². The number of carbonyl (C=O) groups excluding carboxylic acids is 2. The van der Waals surface area contributed by atoms with E-state index >= 15 is 0 Å². The molecule has 0 fully saturated rings. The Hall–Kier alpha value is -3.66. The Morgan fingerprint density at radius 1 is 1.16 bits per heavy atom. The zero-order chi connectivity index (χ0) is 23.0. The lowest BCUT2D eigenvalue weighted by Crippen LogP contribution is -2.14. The summed E-state index contributed by atoms with van der Waals surface area (Å²) in [6.07, 6.45) is 1.69. The maximum atomic E-state index is 14.5. The third-order valence-corrected chi connectivity index (χ3v) is 5.54. The first-order chi connectivity index (χ1) is 15.2. The van der Waals surface area contributed by atoms with E-state index in [1.165, 1.54) is 30.4 Å². The summed E-state index contributed by atoms with van der Waals surface area (Å²) in [7, 11) is 0. The number of nitrogens with one attached hydrogen (secondary N) is 2. The molecule has 32 heavy (non-hydrogen) atoms. The van der Waals surface area contributed by atoms with Gasteiger partial charge in [-0.3, -0.25) is 14.9 Å². The number of halogens is 1. The van der Waals surface area contributed by atoms with Crippen LogP contribution in [-0.4, -0.2) is 31.6 Å². The van der Waals surface area contributed by atoms with Gasteiger partial charge in [-0.25, -0.2) is 19.0 Å². The Bertz CT molecular complexity index is 1340. The van der Waals surface area contributed by atoms with E-state index in [1.807, 2.05) is 18.5 Å². The average Bonchev–Trinajstić information content (AvgIpc) is 3.33. The number of nitrogens with zero attached hydrogens (tertiary/aromatic N) is 4. The smallest absolute Gasteiger partial charge is 0.259 e. The van der Waals surface area contributed by atoms with E-state index in [0.29, 0.717) is 27.8 Å². The molecular formula is C22H21FN6O2S. The highest BCUT2D eigenvalue weighted by atomic mass is 32.1. The molecule has 0 atom stereocenters. The highest BCUT2D eigenvalue weighted by Crippen LogP contribution is 2.29. The van der Waals surface area contributed by atoms with E-state index in [2.05, 4.69) is 25.7 Å². The van der Waals surface area contributed by atoms with Crippen molar-refractivity contribution in [2.75, 3.05) is 10.6 Å². The standard InChI is InChI=1S/C22H21FN6O2S/c1-11(2)29-20-14(9-24-29)7-17(12(3)25-20)21(31)28-22-27-19(10-32-22)16-6-5-15(8-18(16)23)26-13(4)30/h5-11H,1-4H3,(H,26,30)(H,27,28,31). The molecule has 10 heteroatoms. The van der Waals surface area contributed by atoms with Gasteiger partial charge in [0.05, 0.1) is 23.1 Å². The van der Waals surface area contributed by atoms with Gasteiger partial charge in [-0.15, -0.1) is 11.3 Å². The van der Waals surface area contributed by atoms with Crippen LogP contribution in [0.15, 0.2) is 35.8 Å². The summed E-state index contributed by atoms with van der Waals surface area (Å²) in [5.41, 5.74) is 2.75. The minimum Gasteiger partial charge on any atom is -0.326 e. The summed E-state index contributed by atoms with van der Waals surface area (Å²) in [5.74, 6) is -1.15. The minimum atomic E-state index is -0.521. The lowest BCUT2D eigenvalue weighted by Gasteiger charge is -2.09. The number of fused-ring (bicyclic) bond motifs is 1. The molecule has 4 aromatic rings. The molecule has 3 heterocycles. The van der Waals surface area contributed by atoms with Crippen molar-refractivity contribution < 1.29 is 14.0 Å². The van der Waals surface area contributed by atoms with E-state index in [9.17, 15) is 14.0 Å². The molecule has 4 rings (SSSR count). The van der Waals surface area contributed by atoms with Gasteiger partial charge >= 0.3 is 0 Å². The molecule has 0 unspecified atom stereocenters. The Morgan fingerprint density at radius 2 is 1.94 bits per heavy atom. The third kappa shape index (κ3) is 4.22. The number of rotatable bonds is 5. The van der Waals surface area contributed by atoms with E-state index in [0.717, 1.165) is 11.0 Å². The number of aromatic nitrogens is 4. The van der Waals surface area contributed by atoms with Crippen LogP contribution in [0.3, 0.4) is 0 Å². The highest BCUT2D eigenvalue weighted by Gasteiger charge is 2.17. The molecule has 2 N–H and O–H groups in total. The zero-order valence-corrected chi connectivity index (χ0v) is 18.7. The maximum Gasteiger partial charge on any atom is 0.259 e. The molecule has 8 nitrogen and oxygen atoms in total. The first kappa shape index (κ1) is 21.6. The van der Waals surface area contributed by atoms with Crippen LogP contribution in [0.4, 0.5) is 15.2 Å². The number of benzene rings is 1. The van der Waals surface area contributed by atoms with Crippen LogP contribution in [0, 0.1) is 12.7 Å². The van der Waals surface area contributed by atoms with Crippen molar-refractivity contribution in [2.45, 2.75) is 33.7 Å². The van der Waals surface area contributed by atoms with Gasteiger partial charge in [-0.1, -0.05) is 0 Å².